The second-order valence-electron chi connectivity index (χ2n) is 4.26. The fraction of sp³-hybridized carbons (Fsp3) is 0.0714. The Morgan fingerprint density at radius 3 is 2.67 bits per heavy atom. The third kappa shape index (κ3) is 2.92. The highest BCUT2D eigenvalue weighted by atomic mass is 16.6. The van der Waals surface area contributed by atoms with E-state index in [4.69, 9.17) is 15.7 Å². The molecule has 7 heteroatoms. The van der Waals surface area contributed by atoms with Crippen LogP contribution in [0.4, 0.5) is 5.69 Å². The zero-order chi connectivity index (χ0) is 15.4. The van der Waals surface area contributed by atoms with Gasteiger partial charge in [-0.1, -0.05) is 29.4 Å². The fourth-order valence-corrected chi connectivity index (χ4v) is 1.84. The summed E-state index contributed by atoms with van der Waals surface area (Å²) in [5.74, 6) is 0.257. The summed E-state index contributed by atoms with van der Waals surface area (Å²) in [4.78, 5) is 10.6. The molecule has 0 saturated carbocycles. The van der Waals surface area contributed by atoms with Crippen molar-refractivity contribution in [2.45, 2.75) is 6.92 Å². The monoisotopic (exact) mass is 287 g/mol. The fourth-order valence-electron chi connectivity index (χ4n) is 1.84. The maximum absolute atomic E-state index is 11.1. The molecule has 0 aliphatic rings. The molecule has 0 amide bonds. The molecule has 0 atom stereocenters. The quantitative estimate of drug-likeness (QED) is 0.295. The maximum atomic E-state index is 11.1. The molecule has 2 aromatic carbocycles. The van der Waals surface area contributed by atoms with Gasteiger partial charge in [0.05, 0.1) is 10.5 Å². The lowest BCUT2D eigenvalue weighted by molar-refractivity contribution is -0.385. The second-order valence-corrected chi connectivity index (χ2v) is 4.26. The van der Waals surface area contributed by atoms with E-state index in [-0.39, 0.29) is 23.0 Å². The van der Waals surface area contributed by atoms with E-state index < -0.39 is 4.92 Å². The summed E-state index contributed by atoms with van der Waals surface area (Å²) in [6.45, 7) is 1.70. The second kappa shape index (κ2) is 5.91. The summed E-state index contributed by atoms with van der Waals surface area (Å²) in [5.41, 5.74) is 6.38. The number of rotatable bonds is 4. The Hall–Kier alpha value is -3.09. The van der Waals surface area contributed by atoms with Gasteiger partial charge in [-0.3, -0.25) is 10.1 Å². The molecule has 3 N–H and O–H groups in total. The van der Waals surface area contributed by atoms with Gasteiger partial charge >= 0.3 is 5.69 Å². The predicted octanol–water partition coefficient (Wildman–Crippen LogP) is 2.79. The van der Waals surface area contributed by atoms with Crippen LogP contribution in [0.1, 0.15) is 11.1 Å². The van der Waals surface area contributed by atoms with Crippen LogP contribution in [0, 0.1) is 17.0 Å². The Morgan fingerprint density at radius 2 is 2.00 bits per heavy atom. The van der Waals surface area contributed by atoms with E-state index in [0.717, 1.165) is 0 Å². The number of oxime groups is 1. The van der Waals surface area contributed by atoms with Crippen molar-refractivity contribution in [3.63, 3.8) is 0 Å². The van der Waals surface area contributed by atoms with Crippen molar-refractivity contribution in [3.05, 3.63) is 63.7 Å². The molecule has 2 aromatic rings. The van der Waals surface area contributed by atoms with Crippen LogP contribution in [0.5, 0.6) is 11.5 Å². The standard InChI is InChI=1S/C14H13N3O4/c1-9-5-4-7-11(17(19)20)13(9)21-12-8-3-2-6-10(12)14(15)16-18/h2-8,18H,1H3,(H2,15,16). The number of nitro groups is 1. The summed E-state index contributed by atoms with van der Waals surface area (Å²) in [6.07, 6.45) is 0. The summed E-state index contributed by atoms with van der Waals surface area (Å²) in [6, 6.07) is 11.2. The van der Waals surface area contributed by atoms with E-state index in [1.54, 1.807) is 43.3 Å². The maximum Gasteiger partial charge on any atom is 0.311 e. The van der Waals surface area contributed by atoms with Gasteiger partial charge in [0.1, 0.15) is 5.75 Å². The lowest BCUT2D eigenvalue weighted by Gasteiger charge is -2.12. The molecule has 7 nitrogen and oxygen atoms in total. The number of hydrogen-bond acceptors (Lipinski definition) is 5. The Bertz CT molecular complexity index is 713. The van der Waals surface area contributed by atoms with Crippen LogP contribution >= 0.6 is 0 Å². The molecule has 0 aliphatic carbocycles. The molecular formula is C14H13N3O4. The minimum absolute atomic E-state index is 0.126. The van der Waals surface area contributed by atoms with Crippen molar-refractivity contribution in [1.29, 1.82) is 0 Å². The number of amidine groups is 1. The first kappa shape index (κ1) is 14.3. The molecule has 0 spiro atoms. The van der Waals surface area contributed by atoms with Gasteiger partial charge in [0, 0.05) is 6.07 Å². The number of nitrogens with zero attached hydrogens (tertiary/aromatic N) is 2. The normalized spacial score (nSPS) is 11.2. The minimum atomic E-state index is -0.519. The molecule has 0 aromatic heterocycles. The zero-order valence-corrected chi connectivity index (χ0v) is 11.2. The molecule has 0 unspecified atom stereocenters. The van der Waals surface area contributed by atoms with E-state index in [2.05, 4.69) is 5.16 Å². The molecule has 0 aliphatic heterocycles. The van der Waals surface area contributed by atoms with Crippen LogP contribution in [0.25, 0.3) is 0 Å². The van der Waals surface area contributed by atoms with Crippen LogP contribution < -0.4 is 10.5 Å². The number of aryl methyl sites for hydroxylation is 1. The molecule has 108 valence electrons. The van der Waals surface area contributed by atoms with Gasteiger partial charge in [0.25, 0.3) is 0 Å². The number of hydrogen-bond donors (Lipinski definition) is 2. The molecule has 2 rings (SSSR count). The average molecular weight is 287 g/mol. The summed E-state index contributed by atoms with van der Waals surface area (Å²) >= 11 is 0. The van der Waals surface area contributed by atoms with Gasteiger partial charge in [-0.15, -0.1) is 0 Å². The van der Waals surface area contributed by atoms with Gasteiger partial charge in [0.15, 0.2) is 5.84 Å². The molecule has 0 saturated heterocycles. The van der Waals surface area contributed by atoms with E-state index >= 15 is 0 Å². The third-order valence-electron chi connectivity index (χ3n) is 2.87. The predicted molar refractivity (Wildman–Crippen MR) is 76.9 cm³/mol. The summed E-state index contributed by atoms with van der Waals surface area (Å²) in [5, 5.41) is 22.8. The molecule has 21 heavy (non-hydrogen) atoms. The highest BCUT2D eigenvalue weighted by Crippen LogP contribution is 2.35. The van der Waals surface area contributed by atoms with Gasteiger partial charge in [0.2, 0.25) is 5.75 Å². The van der Waals surface area contributed by atoms with Crippen LogP contribution in [0.15, 0.2) is 47.6 Å². The van der Waals surface area contributed by atoms with Crippen LogP contribution in [-0.4, -0.2) is 16.0 Å². The van der Waals surface area contributed by atoms with Gasteiger partial charge in [-0.25, -0.2) is 0 Å². The van der Waals surface area contributed by atoms with Crippen molar-refractivity contribution in [2.75, 3.05) is 0 Å². The van der Waals surface area contributed by atoms with Crippen LogP contribution in [0.3, 0.4) is 0 Å². The van der Waals surface area contributed by atoms with E-state index in [1.165, 1.54) is 6.07 Å². The number of para-hydroxylation sites is 2. The van der Waals surface area contributed by atoms with Crippen molar-refractivity contribution in [3.8, 4) is 11.5 Å². The largest absolute Gasteiger partial charge is 0.449 e. The number of nitrogens with two attached hydrogens (primary N) is 1. The van der Waals surface area contributed by atoms with Gasteiger partial charge in [-0.2, -0.15) is 0 Å². The lowest BCUT2D eigenvalue weighted by Crippen LogP contribution is -2.14. The summed E-state index contributed by atoms with van der Waals surface area (Å²) < 4.78 is 5.64. The number of benzene rings is 2. The van der Waals surface area contributed by atoms with Crippen LogP contribution in [0.2, 0.25) is 0 Å². The molecule has 0 fully saturated rings. The Balaban J connectivity index is 2.52. The third-order valence-corrected chi connectivity index (χ3v) is 2.87. The van der Waals surface area contributed by atoms with Crippen LogP contribution in [-0.2, 0) is 0 Å². The highest BCUT2D eigenvalue weighted by molar-refractivity contribution is 5.99. The Morgan fingerprint density at radius 1 is 1.29 bits per heavy atom. The molecule has 0 radical (unpaired) electrons. The first-order chi connectivity index (χ1) is 10.0. The Labute approximate surface area is 120 Å². The first-order valence-corrected chi connectivity index (χ1v) is 6.03. The van der Waals surface area contributed by atoms with Gasteiger partial charge in [-0.05, 0) is 24.6 Å². The first-order valence-electron chi connectivity index (χ1n) is 6.03. The van der Waals surface area contributed by atoms with Gasteiger partial charge < -0.3 is 15.7 Å². The van der Waals surface area contributed by atoms with E-state index in [1.807, 2.05) is 0 Å². The molecule has 0 heterocycles. The topological polar surface area (TPSA) is 111 Å². The lowest BCUT2D eigenvalue weighted by atomic mass is 10.1. The zero-order valence-electron chi connectivity index (χ0n) is 11.2. The summed E-state index contributed by atoms with van der Waals surface area (Å²) in [7, 11) is 0. The molecular weight excluding hydrogens is 274 g/mol. The van der Waals surface area contributed by atoms with Crippen molar-refractivity contribution in [2.24, 2.45) is 10.9 Å². The smallest absolute Gasteiger partial charge is 0.311 e. The van der Waals surface area contributed by atoms with E-state index in [9.17, 15) is 10.1 Å². The number of nitro benzene ring substituents is 1. The van der Waals surface area contributed by atoms with Crippen molar-refractivity contribution in [1.82, 2.24) is 0 Å². The highest BCUT2D eigenvalue weighted by Gasteiger charge is 2.19. The average Bonchev–Trinajstić information content (AvgIpc) is 2.48. The number of ether oxygens (including phenoxy) is 1. The minimum Gasteiger partial charge on any atom is -0.449 e. The SMILES string of the molecule is Cc1cccc([N+](=O)[O-])c1Oc1ccccc1/C(N)=N/O. The van der Waals surface area contributed by atoms with Crippen molar-refractivity contribution < 1.29 is 14.9 Å². The molecule has 0 bridgehead atoms. The van der Waals surface area contributed by atoms with E-state index in [0.29, 0.717) is 11.1 Å². The van der Waals surface area contributed by atoms with Crippen molar-refractivity contribution >= 4 is 11.5 Å². The Kier molecular flexibility index (Phi) is 4.03.